The molecule has 1 heterocycles. The normalized spacial score (nSPS) is 17.0. The van der Waals surface area contributed by atoms with E-state index in [1.165, 1.54) is 36.2 Å². The third-order valence-electron chi connectivity index (χ3n) is 3.22. The highest BCUT2D eigenvalue weighted by atomic mass is 15.1. The summed E-state index contributed by atoms with van der Waals surface area (Å²) in [5.41, 5.74) is 9.63. The summed E-state index contributed by atoms with van der Waals surface area (Å²) in [6.45, 7) is 2.89. The standard InChI is InChI=1S/C11H19N3/c1-2-10-9(6-7-12)11(14-13-10)8-4-3-5-8/h8H,2-7,12H2,1H3,(H,13,14). The molecule has 1 aromatic heterocycles. The Kier molecular flexibility index (Phi) is 2.87. The Morgan fingerprint density at radius 1 is 1.50 bits per heavy atom. The number of aryl methyl sites for hydroxylation is 1. The number of hydrogen-bond donors (Lipinski definition) is 2. The molecule has 1 aromatic rings. The quantitative estimate of drug-likeness (QED) is 0.765. The molecule has 0 saturated heterocycles. The molecule has 0 aromatic carbocycles. The van der Waals surface area contributed by atoms with Gasteiger partial charge in [-0.25, -0.2) is 0 Å². The van der Waals surface area contributed by atoms with Crippen LogP contribution in [0.3, 0.4) is 0 Å². The number of aromatic nitrogens is 2. The average molecular weight is 193 g/mol. The molecule has 2 rings (SSSR count). The Hall–Kier alpha value is -0.830. The van der Waals surface area contributed by atoms with Gasteiger partial charge in [0.15, 0.2) is 0 Å². The predicted octanol–water partition coefficient (Wildman–Crippen LogP) is 1.74. The number of rotatable bonds is 4. The first-order valence-corrected chi connectivity index (χ1v) is 5.62. The Balaban J connectivity index is 2.23. The Bertz CT molecular complexity index is 299. The molecule has 0 amide bonds. The average Bonchev–Trinajstić information content (AvgIpc) is 2.47. The van der Waals surface area contributed by atoms with E-state index in [2.05, 4.69) is 17.1 Å². The zero-order valence-corrected chi connectivity index (χ0v) is 8.84. The second-order valence-corrected chi connectivity index (χ2v) is 4.09. The molecular formula is C11H19N3. The van der Waals surface area contributed by atoms with Crippen LogP contribution in [-0.4, -0.2) is 16.7 Å². The molecule has 0 spiro atoms. The van der Waals surface area contributed by atoms with Gasteiger partial charge in [-0.05, 0) is 37.8 Å². The maximum Gasteiger partial charge on any atom is 0.0688 e. The first-order chi connectivity index (χ1) is 6.86. The van der Waals surface area contributed by atoms with Crippen LogP contribution in [0.25, 0.3) is 0 Å². The largest absolute Gasteiger partial charge is 0.330 e. The summed E-state index contributed by atoms with van der Waals surface area (Å²) in [5.74, 6) is 0.716. The molecule has 14 heavy (non-hydrogen) atoms. The molecule has 3 N–H and O–H groups in total. The number of H-pyrrole nitrogens is 1. The van der Waals surface area contributed by atoms with Crippen molar-refractivity contribution in [1.29, 1.82) is 0 Å². The van der Waals surface area contributed by atoms with Crippen LogP contribution in [0.15, 0.2) is 0 Å². The monoisotopic (exact) mass is 193 g/mol. The van der Waals surface area contributed by atoms with E-state index in [1.54, 1.807) is 0 Å². The van der Waals surface area contributed by atoms with Gasteiger partial charge in [0, 0.05) is 11.6 Å². The van der Waals surface area contributed by atoms with Crippen molar-refractivity contribution in [3.63, 3.8) is 0 Å². The first-order valence-electron chi connectivity index (χ1n) is 5.62. The number of nitrogens with zero attached hydrogens (tertiary/aromatic N) is 1. The molecule has 0 radical (unpaired) electrons. The predicted molar refractivity (Wildman–Crippen MR) is 57.3 cm³/mol. The number of aromatic amines is 1. The second-order valence-electron chi connectivity index (χ2n) is 4.09. The van der Waals surface area contributed by atoms with E-state index < -0.39 is 0 Å². The molecule has 0 aliphatic heterocycles. The minimum absolute atomic E-state index is 0.716. The first kappa shape index (κ1) is 9.71. The number of nitrogens with two attached hydrogens (primary N) is 1. The van der Waals surface area contributed by atoms with Gasteiger partial charge < -0.3 is 5.73 Å². The summed E-state index contributed by atoms with van der Waals surface area (Å²) < 4.78 is 0. The molecule has 3 heteroatoms. The van der Waals surface area contributed by atoms with Crippen LogP contribution >= 0.6 is 0 Å². The maximum absolute atomic E-state index is 5.63. The van der Waals surface area contributed by atoms with Crippen LogP contribution in [0.2, 0.25) is 0 Å². The van der Waals surface area contributed by atoms with Crippen molar-refractivity contribution in [3.8, 4) is 0 Å². The van der Waals surface area contributed by atoms with Crippen molar-refractivity contribution < 1.29 is 0 Å². The van der Waals surface area contributed by atoms with E-state index in [4.69, 9.17) is 5.73 Å². The van der Waals surface area contributed by atoms with Crippen LogP contribution in [-0.2, 0) is 12.8 Å². The lowest BCUT2D eigenvalue weighted by Crippen LogP contribution is -2.13. The molecule has 1 fully saturated rings. The van der Waals surface area contributed by atoms with Crippen LogP contribution in [0, 0.1) is 0 Å². The summed E-state index contributed by atoms with van der Waals surface area (Å²) in [6, 6.07) is 0. The number of nitrogens with one attached hydrogen (secondary N) is 1. The summed E-state index contributed by atoms with van der Waals surface area (Å²) in [4.78, 5) is 0. The highest BCUT2D eigenvalue weighted by Crippen LogP contribution is 2.37. The fourth-order valence-electron chi connectivity index (χ4n) is 2.15. The van der Waals surface area contributed by atoms with E-state index >= 15 is 0 Å². The fourth-order valence-corrected chi connectivity index (χ4v) is 2.15. The van der Waals surface area contributed by atoms with Gasteiger partial charge >= 0.3 is 0 Å². The van der Waals surface area contributed by atoms with Crippen molar-refractivity contribution in [2.45, 2.75) is 44.9 Å². The van der Waals surface area contributed by atoms with Gasteiger partial charge in [-0.2, -0.15) is 5.10 Å². The van der Waals surface area contributed by atoms with Gasteiger partial charge in [-0.15, -0.1) is 0 Å². The van der Waals surface area contributed by atoms with Crippen molar-refractivity contribution in [2.24, 2.45) is 5.73 Å². The zero-order valence-electron chi connectivity index (χ0n) is 8.84. The number of hydrogen-bond acceptors (Lipinski definition) is 2. The highest BCUT2D eigenvalue weighted by Gasteiger charge is 2.25. The Labute approximate surface area is 85.1 Å². The molecule has 1 aliphatic carbocycles. The smallest absolute Gasteiger partial charge is 0.0688 e. The second kappa shape index (κ2) is 4.13. The van der Waals surface area contributed by atoms with Gasteiger partial charge in [0.05, 0.1) is 5.69 Å². The lowest BCUT2D eigenvalue weighted by atomic mass is 9.81. The lowest BCUT2D eigenvalue weighted by molar-refractivity contribution is 0.408. The van der Waals surface area contributed by atoms with Gasteiger partial charge in [-0.1, -0.05) is 13.3 Å². The van der Waals surface area contributed by atoms with E-state index in [-0.39, 0.29) is 0 Å². The van der Waals surface area contributed by atoms with Crippen molar-refractivity contribution >= 4 is 0 Å². The van der Waals surface area contributed by atoms with E-state index in [9.17, 15) is 0 Å². The molecule has 1 saturated carbocycles. The SMILES string of the molecule is CCc1[nH]nc(C2CCC2)c1CCN. The summed E-state index contributed by atoms with van der Waals surface area (Å²) in [6.07, 6.45) is 6.00. The van der Waals surface area contributed by atoms with E-state index in [0.29, 0.717) is 5.92 Å². The fraction of sp³-hybridized carbons (Fsp3) is 0.727. The molecule has 0 bridgehead atoms. The Morgan fingerprint density at radius 2 is 2.29 bits per heavy atom. The molecule has 1 aliphatic rings. The van der Waals surface area contributed by atoms with Crippen molar-refractivity contribution in [3.05, 3.63) is 17.0 Å². The summed E-state index contributed by atoms with van der Waals surface area (Å²) >= 11 is 0. The molecule has 3 nitrogen and oxygen atoms in total. The van der Waals surface area contributed by atoms with Crippen LogP contribution in [0.1, 0.15) is 49.1 Å². The zero-order chi connectivity index (χ0) is 9.97. The Morgan fingerprint density at radius 3 is 2.79 bits per heavy atom. The minimum Gasteiger partial charge on any atom is -0.330 e. The van der Waals surface area contributed by atoms with Gasteiger partial charge in [-0.3, -0.25) is 5.10 Å². The highest BCUT2D eigenvalue weighted by molar-refractivity contribution is 5.29. The third-order valence-corrected chi connectivity index (χ3v) is 3.22. The molecular weight excluding hydrogens is 174 g/mol. The third kappa shape index (κ3) is 1.57. The molecule has 0 atom stereocenters. The lowest BCUT2D eigenvalue weighted by Gasteiger charge is -2.24. The van der Waals surface area contributed by atoms with Crippen LogP contribution < -0.4 is 5.73 Å². The molecule has 0 unspecified atom stereocenters. The van der Waals surface area contributed by atoms with Gasteiger partial charge in [0.25, 0.3) is 0 Å². The summed E-state index contributed by atoms with van der Waals surface area (Å²) in [7, 11) is 0. The maximum atomic E-state index is 5.63. The molecule has 78 valence electrons. The van der Waals surface area contributed by atoms with E-state index in [1.807, 2.05) is 0 Å². The van der Waals surface area contributed by atoms with E-state index in [0.717, 1.165) is 19.4 Å². The van der Waals surface area contributed by atoms with Gasteiger partial charge in [0.2, 0.25) is 0 Å². The van der Waals surface area contributed by atoms with Crippen LogP contribution in [0.5, 0.6) is 0 Å². The van der Waals surface area contributed by atoms with Crippen molar-refractivity contribution in [2.75, 3.05) is 6.54 Å². The topological polar surface area (TPSA) is 54.7 Å². The minimum atomic E-state index is 0.716. The van der Waals surface area contributed by atoms with Crippen molar-refractivity contribution in [1.82, 2.24) is 10.2 Å². The van der Waals surface area contributed by atoms with Gasteiger partial charge in [0.1, 0.15) is 0 Å². The van der Waals surface area contributed by atoms with Crippen LogP contribution in [0.4, 0.5) is 0 Å². The summed E-state index contributed by atoms with van der Waals surface area (Å²) in [5, 5.41) is 7.60.